The topological polar surface area (TPSA) is 56.6 Å². The monoisotopic (exact) mass is 325 g/mol. The lowest BCUT2D eigenvalue weighted by Crippen LogP contribution is -2.32. The van der Waals surface area contributed by atoms with Gasteiger partial charge in [0.1, 0.15) is 5.82 Å². The van der Waals surface area contributed by atoms with Crippen molar-refractivity contribution in [1.82, 2.24) is 14.5 Å². The molecule has 0 spiro atoms. The van der Waals surface area contributed by atoms with E-state index in [2.05, 4.69) is 4.98 Å². The van der Waals surface area contributed by atoms with Crippen molar-refractivity contribution in [1.29, 1.82) is 0 Å². The number of imidazole rings is 1. The number of halogens is 2. The van der Waals surface area contributed by atoms with Crippen LogP contribution in [0.5, 0.6) is 11.5 Å². The maximum Gasteiger partial charge on any atom is 0.319 e. The highest BCUT2D eigenvalue weighted by atomic mass is 19.3. The number of methoxy groups -OCH3 is 1. The lowest BCUT2D eigenvalue weighted by molar-refractivity contribution is -0.132. The Bertz CT molecular complexity index is 661. The molecular formula is C15H17F2N3O3. The second-order valence-corrected chi connectivity index (χ2v) is 4.72. The minimum Gasteiger partial charge on any atom is -0.493 e. The number of aromatic nitrogens is 2. The summed E-state index contributed by atoms with van der Waals surface area (Å²) < 4.78 is 36.7. The van der Waals surface area contributed by atoms with E-state index < -0.39 is 6.55 Å². The molecule has 8 heteroatoms. The minimum absolute atomic E-state index is 0.0363. The van der Waals surface area contributed by atoms with Gasteiger partial charge in [0.25, 0.3) is 5.91 Å². The normalized spacial score (nSPS) is 10.7. The zero-order chi connectivity index (χ0) is 16.8. The summed E-state index contributed by atoms with van der Waals surface area (Å²) in [4.78, 5) is 17.2. The highest BCUT2D eigenvalue weighted by Crippen LogP contribution is 2.25. The fraction of sp³-hybridized carbons (Fsp3) is 0.333. The van der Waals surface area contributed by atoms with Gasteiger partial charge < -0.3 is 14.4 Å². The quantitative estimate of drug-likeness (QED) is 0.784. The Morgan fingerprint density at radius 3 is 2.70 bits per heavy atom. The van der Waals surface area contributed by atoms with E-state index in [-0.39, 0.29) is 24.9 Å². The standard InChI is InChI=1S/C15H17F2N3O3/c1-19(9-13-18-7-8-20(13)15(16)17)14(21)10-23-12-6-4-3-5-11(12)22-2/h3-8,15H,9-10H2,1-2H3. The first-order chi connectivity index (χ1) is 11.0. The molecule has 2 aromatic rings. The molecule has 124 valence electrons. The van der Waals surface area contributed by atoms with Crippen LogP contribution in [0, 0.1) is 0 Å². The van der Waals surface area contributed by atoms with Gasteiger partial charge in [0.05, 0.1) is 13.7 Å². The van der Waals surface area contributed by atoms with E-state index in [1.54, 1.807) is 24.3 Å². The van der Waals surface area contributed by atoms with Crippen LogP contribution in [-0.2, 0) is 11.3 Å². The molecule has 23 heavy (non-hydrogen) atoms. The van der Waals surface area contributed by atoms with Crippen LogP contribution in [-0.4, -0.2) is 41.1 Å². The van der Waals surface area contributed by atoms with E-state index in [9.17, 15) is 13.6 Å². The van der Waals surface area contributed by atoms with E-state index in [0.717, 1.165) is 0 Å². The van der Waals surface area contributed by atoms with Crippen LogP contribution in [0.15, 0.2) is 36.7 Å². The molecule has 6 nitrogen and oxygen atoms in total. The predicted octanol–water partition coefficient (Wildman–Crippen LogP) is 2.32. The average Bonchev–Trinajstić information content (AvgIpc) is 3.01. The summed E-state index contributed by atoms with van der Waals surface area (Å²) in [5.41, 5.74) is 0. The van der Waals surface area contributed by atoms with Crippen molar-refractivity contribution >= 4 is 5.91 Å². The highest BCUT2D eigenvalue weighted by molar-refractivity contribution is 5.77. The van der Waals surface area contributed by atoms with Gasteiger partial charge in [-0.2, -0.15) is 8.78 Å². The summed E-state index contributed by atoms with van der Waals surface area (Å²) in [5.74, 6) is 0.690. The number of rotatable bonds is 7. The predicted molar refractivity (Wildman–Crippen MR) is 78.4 cm³/mol. The number of hydrogen-bond acceptors (Lipinski definition) is 4. The molecule has 2 rings (SSSR count). The minimum atomic E-state index is -2.69. The zero-order valence-electron chi connectivity index (χ0n) is 12.8. The zero-order valence-corrected chi connectivity index (χ0v) is 12.8. The first-order valence-electron chi connectivity index (χ1n) is 6.82. The number of hydrogen-bond donors (Lipinski definition) is 0. The van der Waals surface area contributed by atoms with Crippen molar-refractivity contribution in [2.75, 3.05) is 20.8 Å². The Labute approximate surface area is 132 Å². The lowest BCUT2D eigenvalue weighted by atomic mass is 10.3. The third kappa shape index (κ3) is 4.18. The summed E-state index contributed by atoms with van der Waals surface area (Å²) in [6.07, 6.45) is 2.44. The number of carbonyl (C=O) groups excluding carboxylic acids is 1. The molecule has 0 atom stereocenters. The molecule has 0 saturated heterocycles. The Morgan fingerprint density at radius 2 is 2.04 bits per heavy atom. The number of nitrogens with zero attached hydrogens (tertiary/aromatic N) is 3. The van der Waals surface area contributed by atoms with E-state index in [1.807, 2.05) is 0 Å². The first-order valence-corrected chi connectivity index (χ1v) is 6.82. The van der Waals surface area contributed by atoms with Crippen LogP contribution >= 0.6 is 0 Å². The second-order valence-electron chi connectivity index (χ2n) is 4.72. The van der Waals surface area contributed by atoms with Crippen molar-refractivity contribution in [2.45, 2.75) is 13.1 Å². The molecule has 0 fully saturated rings. The van der Waals surface area contributed by atoms with Crippen LogP contribution in [0.1, 0.15) is 12.4 Å². The van der Waals surface area contributed by atoms with Crippen LogP contribution in [0.2, 0.25) is 0 Å². The van der Waals surface area contributed by atoms with Gasteiger partial charge in [0.15, 0.2) is 18.1 Å². The summed E-state index contributed by atoms with van der Waals surface area (Å²) in [6, 6.07) is 6.92. The van der Waals surface area contributed by atoms with Crippen molar-refractivity contribution in [3.8, 4) is 11.5 Å². The van der Waals surface area contributed by atoms with Gasteiger partial charge in [-0.05, 0) is 12.1 Å². The van der Waals surface area contributed by atoms with Crippen LogP contribution in [0.3, 0.4) is 0 Å². The van der Waals surface area contributed by atoms with Crippen molar-refractivity contribution in [2.24, 2.45) is 0 Å². The van der Waals surface area contributed by atoms with E-state index >= 15 is 0 Å². The largest absolute Gasteiger partial charge is 0.493 e. The van der Waals surface area contributed by atoms with E-state index in [0.29, 0.717) is 16.1 Å². The van der Waals surface area contributed by atoms with Crippen molar-refractivity contribution < 1.29 is 23.0 Å². The summed E-state index contributed by atoms with van der Waals surface area (Å²) in [5, 5.41) is 0. The molecule has 0 bridgehead atoms. The molecule has 1 amide bonds. The van der Waals surface area contributed by atoms with Gasteiger partial charge >= 0.3 is 6.55 Å². The van der Waals surface area contributed by atoms with E-state index in [1.165, 1.54) is 31.5 Å². The molecule has 1 aromatic heterocycles. The van der Waals surface area contributed by atoms with Gasteiger partial charge in [-0.25, -0.2) is 4.98 Å². The highest BCUT2D eigenvalue weighted by Gasteiger charge is 2.17. The fourth-order valence-corrected chi connectivity index (χ4v) is 1.93. The van der Waals surface area contributed by atoms with Gasteiger partial charge in [-0.1, -0.05) is 12.1 Å². The average molecular weight is 325 g/mol. The van der Waals surface area contributed by atoms with Gasteiger partial charge in [0, 0.05) is 19.4 Å². The molecule has 0 N–H and O–H groups in total. The number of carbonyl (C=O) groups is 1. The third-order valence-corrected chi connectivity index (χ3v) is 3.18. The Kier molecular flexibility index (Phi) is 5.51. The third-order valence-electron chi connectivity index (χ3n) is 3.18. The van der Waals surface area contributed by atoms with Crippen LogP contribution in [0.4, 0.5) is 8.78 Å². The molecule has 1 aromatic carbocycles. The SMILES string of the molecule is COc1ccccc1OCC(=O)N(C)Cc1nccn1C(F)F. The van der Waals surface area contributed by atoms with Crippen molar-refractivity contribution in [3.05, 3.63) is 42.5 Å². The van der Waals surface area contributed by atoms with Crippen LogP contribution < -0.4 is 9.47 Å². The Morgan fingerprint density at radius 1 is 1.35 bits per heavy atom. The molecule has 0 aliphatic rings. The summed E-state index contributed by atoms with van der Waals surface area (Å²) in [7, 11) is 3.00. The van der Waals surface area contributed by atoms with Gasteiger partial charge in [0.2, 0.25) is 0 Å². The number of benzene rings is 1. The number of alkyl halides is 2. The molecular weight excluding hydrogens is 308 g/mol. The number of likely N-dealkylation sites (N-methyl/N-ethyl adjacent to an activating group) is 1. The first kappa shape index (κ1) is 16.7. The van der Waals surface area contributed by atoms with E-state index in [4.69, 9.17) is 9.47 Å². The number of para-hydroxylation sites is 2. The van der Waals surface area contributed by atoms with Crippen LogP contribution in [0.25, 0.3) is 0 Å². The molecule has 1 heterocycles. The number of ether oxygens (including phenoxy) is 2. The van der Waals surface area contributed by atoms with Gasteiger partial charge in [-0.15, -0.1) is 0 Å². The summed E-state index contributed by atoms with van der Waals surface area (Å²) in [6.45, 7) is -2.96. The maximum atomic E-state index is 12.7. The lowest BCUT2D eigenvalue weighted by Gasteiger charge is -2.18. The molecule has 0 unspecified atom stereocenters. The smallest absolute Gasteiger partial charge is 0.319 e. The van der Waals surface area contributed by atoms with Gasteiger partial charge in [-0.3, -0.25) is 9.36 Å². The second kappa shape index (κ2) is 7.57. The molecule has 0 aliphatic carbocycles. The number of amides is 1. The molecule has 0 radical (unpaired) electrons. The fourth-order valence-electron chi connectivity index (χ4n) is 1.93. The van der Waals surface area contributed by atoms with Crippen molar-refractivity contribution in [3.63, 3.8) is 0 Å². The maximum absolute atomic E-state index is 12.7. The molecule has 0 aliphatic heterocycles. The Hall–Kier alpha value is -2.64. The summed E-state index contributed by atoms with van der Waals surface area (Å²) >= 11 is 0. The Balaban J connectivity index is 1.94. The molecule has 0 saturated carbocycles.